The third kappa shape index (κ3) is 5.92. The fourth-order valence-electron chi connectivity index (χ4n) is 3.15. The van der Waals surface area contributed by atoms with Crippen molar-refractivity contribution in [1.29, 1.82) is 0 Å². The van der Waals surface area contributed by atoms with Crippen LogP contribution in [0, 0.1) is 0 Å². The summed E-state index contributed by atoms with van der Waals surface area (Å²) >= 11 is 0. The number of ether oxygens (including phenoxy) is 3. The third-order valence-corrected chi connectivity index (χ3v) is 4.81. The number of nitrogens with zero attached hydrogens (tertiary/aromatic N) is 2. The lowest BCUT2D eigenvalue weighted by atomic mass is 10.2. The maximum atomic E-state index is 5.90. The standard InChI is InChI=1S/C21H29N3O3/c1-17(24-9-11-26-12-10-24)14-23-15-19-3-4-20(21(13-19)25-2)27-16-18-5-7-22-8-6-18/h3-8,13,17,23H,9-12,14-16H2,1-2H3. The zero-order valence-electron chi connectivity index (χ0n) is 16.2. The van der Waals surface area contributed by atoms with Crippen LogP contribution in [-0.4, -0.2) is 55.9 Å². The maximum Gasteiger partial charge on any atom is 0.161 e. The van der Waals surface area contributed by atoms with Crippen LogP contribution >= 0.6 is 0 Å². The first kappa shape index (κ1) is 19.6. The molecule has 0 aliphatic carbocycles. The molecule has 1 saturated heterocycles. The summed E-state index contributed by atoms with van der Waals surface area (Å²) in [4.78, 5) is 6.49. The van der Waals surface area contributed by atoms with Crippen LogP contribution in [0.5, 0.6) is 11.5 Å². The highest BCUT2D eigenvalue weighted by atomic mass is 16.5. The molecule has 1 atom stereocenters. The number of benzene rings is 1. The molecule has 1 aliphatic heterocycles. The molecule has 6 nitrogen and oxygen atoms in total. The summed E-state index contributed by atoms with van der Waals surface area (Å²) in [6.45, 7) is 8.20. The van der Waals surface area contributed by atoms with E-state index in [2.05, 4.69) is 28.2 Å². The molecule has 6 heteroatoms. The number of morpholine rings is 1. The second-order valence-corrected chi connectivity index (χ2v) is 6.76. The Hall–Kier alpha value is -2.15. The van der Waals surface area contributed by atoms with Crippen LogP contribution in [0.3, 0.4) is 0 Å². The van der Waals surface area contributed by atoms with Gasteiger partial charge in [0.1, 0.15) is 6.61 Å². The zero-order chi connectivity index (χ0) is 18.9. The van der Waals surface area contributed by atoms with Crippen LogP contribution in [0.15, 0.2) is 42.7 Å². The largest absolute Gasteiger partial charge is 0.493 e. The Morgan fingerprint density at radius 3 is 2.63 bits per heavy atom. The van der Waals surface area contributed by atoms with E-state index in [0.717, 1.165) is 56.5 Å². The number of nitrogens with one attached hydrogen (secondary N) is 1. The Morgan fingerprint density at radius 1 is 1.11 bits per heavy atom. The van der Waals surface area contributed by atoms with E-state index in [9.17, 15) is 0 Å². The average Bonchev–Trinajstić information content (AvgIpc) is 2.74. The topological polar surface area (TPSA) is 55.9 Å². The second kappa shape index (κ2) is 10.3. The lowest BCUT2D eigenvalue weighted by Gasteiger charge is -2.32. The third-order valence-electron chi connectivity index (χ3n) is 4.81. The Balaban J connectivity index is 1.49. The fourth-order valence-corrected chi connectivity index (χ4v) is 3.15. The average molecular weight is 371 g/mol. The number of aromatic nitrogens is 1. The van der Waals surface area contributed by atoms with Gasteiger partial charge in [-0.15, -0.1) is 0 Å². The van der Waals surface area contributed by atoms with Gasteiger partial charge in [0.05, 0.1) is 20.3 Å². The molecule has 0 saturated carbocycles. The van der Waals surface area contributed by atoms with Gasteiger partial charge in [-0.25, -0.2) is 0 Å². The van der Waals surface area contributed by atoms with Gasteiger partial charge in [-0.05, 0) is 42.3 Å². The minimum Gasteiger partial charge on any atom is -0.493 e. The van der Waals surface area contributed by atoms with E-state index in [1.165, 1.54) is 5.56 Å². The maximum absolute atomic E-state index is 5.90. The normalized spacial score (nSPS) is 16.1. The van der Waals surface area contributed by atoms with Crippen molar-refractivity contribution < 1.29 is 14.2 Å². The van der Waals surface area contributed by atoms with Crippen LogP contribution in [0.25, 0.3) is 0 Å². The summed E-state index contributed by atoms with van der Waals surface area (Å²) < 4.78 is 16.8. The van der Waals surface area contributed by atoms with Crippen molar-refractivity contribution in [2.75, 3.05) is 40.0 Å². The van der Waals surface area contributed by atoms with E-state index in [-0.39, 0.29) is 0 Å². The first-order valence-corrected chi connectivity index (χ1v) is 9.47. The van der Waals surface area contributed by atoms with Crippen molar-refractivity contribution in [2.45, 2.75) is 26.1 Å². The fraction of sp³-hybridized carbons (Fsp3) is 0.476. The second-order valence-electron chi connectivity index (χ2n) is 6.76. The number of hydrogen-bond donors (Lipinski definition) is 1. The number of methoxy groups -OCH3 is 1. The molecule has 2 heterocycles. The monoisotopic (exact) mass is 371 g/mol. The molecule has 0 bridgehead atoms. The molecular weight excluding hydrogens is 342 g/mol. The number of hydrogen-bond acceptors (Lipinski definition) is 6. The van der Waals surface area contributed by atoms with Crippen molar-refractivity contribution in [3.63, 3.8) is 0 Å². The summed E-state index contributed by atoms with van der Waals surface area (Å²) in [6.07, 6.45) is 3.53. The SMILES string of the molecule is COc1cc(CNCC(C)N2CCOCC2)ccc1OCc1ccncc1. The smallest absolute Gasteiger partial charge is 0.161 e. The lowest BCUT2D eigenvalue weighted by molar-refractivity contribution is 0.0203. The van der Waals surface area contributed by atoms with Crippen molar-refractivity contribution in [2.24, 2.45) is 0 Å². The molecule has 1 aliphatic rings. The van der Waals surface area contributed by atoms with Crippen LogP contribution in [0.4, 0.5) is 0 Å². The molecule has 1 N–H and O–H groups in total. The van der Waals surface area contributed by atoms with Crippen molar-refractivity contribution in [3.05, 3.63) is 53.9 Å². The van der Waals surface area contributed by atoms with Gasteiger partial charge in [0.2, 0.25) is 0 Å². The van der Waals surface area contributed by atoms with Gasteiger partial charge in [-0.3, -0.25) is 9.88 Å². The van der Waals surface area contributed by atoms with Crippen LogP contribution < -0.4 is 14.8 Å². The van der Waals surface area contributed by atoms with Crippen molar-refractivity contribution in [1.82, 2.24) is 15.2 Å². The summed E-state index contributed by atoms with van der Waals surface area (Å²) in [5.74, 6) is 1.50. The first-order valence-electron chi connectivity index (χ1n) is 9.47. The lowest BCUT2D eigenvalue weighted by Crippen LogP contribution is -2.46. The Morgan fingerprint density at radius 2 is 1.89 bits per heavy atom. The molecule has 1 aromatic heterocycles. The van der Waals surface area contributed by atoms with Gasteiger partial charge in [0, 0.05) is 44.6 Å². The van der Waals surface area contributed by atoms with E-state index in [4.69, 9.17) is 14.2 Å². The molecule has 1 aromatic carbocycles. The summed E-state index contributed by atoms with van der Waals surface area (Å²) in [6, 6.07) is 10.5. The number of pyridine rings is 1. The van der Waals surface area contributed by atoms with E-state index in [1.54, 1.807) is 19.5 Å². The molecule has 146 valence electrons. The Labute approximate surface area is 161 Å². The van der Waals surface area contributed by atoms with E-state index >= 15 is 0 Å². The zero-order valence-corrected chi connectivity index (χ0v) is 16.2. The molecule has 2 aromatic rings. The van der Waals surface area contributed by atoms with E-state index < -0.39 is 0 Å². The van der Waals surface area contributed by atoms with Gasteiger partial charge in [0.15, 0.2) is 11.5 Å². The Bertz CT molecular complexity index is 690. The predicted molar refractivity (Wildman–Crippen MR) is 105 cm³/mol. The summed E-state index contributed by atoms with van der Waals surface area (Å²) in [5.41, 5.74) is 2.26. The van der Waals surface area contributed by atoms with Crippen molar-refractivity contribution in [3.8, 4) is 11.5 Å². The molecule has 1 fully saturated rings. The summed E-state index contributed by atoms with van der Waals surface area (Å²) in [7, 11) is 1.67. The van der Waals surface area contributed by atoms with Gasteiger partial charge >= 0.3 is 0 Å². The molecular formula is C21H29N3O3. The molecule has 1 unspecified atom stereocenters. The highest BCUT2D eigenvalue weighted by Crippen LogP contribution is 2.28. The minimum atomic E-state index is 0.494. The van der Waals surface area contributed by atoms with Gasteiger partial charge in [-0.2, -0.15) is 0 Å². The van der Waals surface area contributed by atoms with Crippen LogP contribution in [0.2, 0.25) is 0 Å². The molecule has 27 heavy (non-hydrogen) atoms. The molecule has 0 radical (unpaired) electrons. The van der Waals surface area contributed by atoms with Crippen LogP contribution in [0.1, 0.15) is 18.1 Å². The predicted octanol–water partition coefficient (Wildman–Crippen LogP) is 2.48. The quantitative estimate of drug-likeness (QED) is 0.731. The molecule has 0 spiro atoms. The van der Waals surface area contributed by atoms with Gasteiger partial charge in [-0.1, -0.05) is 6.07 Å². The summed E-state index contributed by atoms with van der Waals surface area (Å²) in [5, 5.41) is 3.54. The highest BCUT2D eigenvalue weighted by molar-refractivity contribution is 5.43. The molecule has 0 amide bonds. The van der Waals surface area contributed by atoms with Gasteiger partial charge < -0.3 is 19.5 Å². The number of rotatable bonds is 9. The Kier molecular flexibility index (Phi) is 7.45. The van der Waals surface area contributed by atoms with Crippen LogP contribution in [-0.2, 0) is 17.9 Å². The van der Waals surface area contributed by atoms with Crippen molar-refractivity contribution >= 4 is 0 Å². The van der Waals surface area contributed by atoms with E-state index in [0.29, 0.717) is 12.6 Å². The molecule has 3 rings (SSSR count). The first-order chi connectivity index (χ1) is 13.3. The highest BCUT2D eigenvalue weighted by Gasteiger charge is 2.16. The van der Waals surface area contributed by atoms with E-state index in [1.807, 2.05) is 24.3 Å². The minimum absolute atomic E-state index is 0.494. The van der Waals surface area contributed by atoms with Gasteiger partial charge in [0.25, 0.3) is 0 Å².